The second kappa shape index (κ2) is 12.9. The Hall–Kier alpha value is -3.67. The van der Waals surface area contributed by atoms with Crippen LogP contribution in [0.25, 0.3) is 28.1 Å². The van der Waals surface area contributed by atoms with Gasteiger partial charge in [-0.2, -0.15) is 10.2 Å². The lowest BCUT2D eigenvalue weighted by Gasteiger charge is -2.05. The van der Waals surface area contributed by atoms with Crippen LogP contribution < -0.4 is 9.47 Å². The van der Waals surface area contributed by atoms with Crippen LogP contribution in [0.4, 0.5) is 0 Å². The first kappa shape index (κ1) is 28.8. The maximum atomic E-state index is 5.99. The number of hydrogen-bond acceptors (Lipinski definition) is 6. The van der Waals surface area contributed by atoms with E-state index in [0.717, 1.165) is 54.1 Å². The third-order valence-corrected chi connectivity index (χ3v) is 7.50. The average Bonchev–Trinajstić information content (AvgIpc) is 3.49. The lowest BCUT2D eigenvalue weighted by Crippen LogP contribution is -2.03. The van der Waals surface area contributed by atoms with E-state index in [9.17, 15) is 0 Å². The molecular formula is C30H25Cl2IN6O2. The predicted octanol–water partition coefficient (Wildman–Crippen LogP) is 7.53. The van der Waals surface area contributed by atoms with E-state index in [2.05, 4.69) is 49.3 Å². The molecule has 6 rings (SSSR count). The first-order chi connectivity index (χ1) is 19.9. The largest absolute Gasteiger partial charge is 0.497 e. The highest BCUT2D eigenvalue weighted by Crippen LogP contribution is 2.23. The number of fused-ring (bicyclic) bond motifs is 2. The summed E-state index contributed by atoms with van der Waals surface area (Å²) in [5, 5.41) is 11.9. The van der Waals surface area contributed by atoms with Gasteiger partial charge in [-0.05, 0) is 88.3 Å². The van der Waals surface area contributed by atoms with Crippen LogP contribution in [0, 0.1) is 3.70 Å². The van der Waals surface area contributed by atoms with Crippen molar-refractivity contribution >= 4 is 73.9 Å². The number of aromatic nitrogens is 6. The Morgan fingerprint density at radius 3 is 1.66 bits per heavy atom. The van der Waals surface area contributed by atoms with Crippen molar-refractivity contribution in [2.45, 2.75) is 13.1 Å². The third kappa shape index (κ3) is 6.64. The fourth-order valence-corrected chi connectivity index (χ4v) is 5.19. The van der Waals surface area contributed by atoms with Crippen LogP contribution in [0.1, 0.15) is 16.8 Å². The van der Waals surface area contributed by atoms with E-state index in [0.29, 0.717) is 23.4 Å². The minimum Gasteiger partial charge on any atom is -0.497 e. The van der Waals surface area contributed by atoms with Crippen molar-refractivity contribution in [1.29, 1.82) is 0 Å². The molecule has 0 saturated heterocycles. The van der Waals surface area contributed by atoms with Crippen molar-refractivity contribution in [3.8, 4) is 11.5 Å². The van der Waals surface area contributed by atoms with Gasteiger partial charge < -0.3 is 9.47 Å². The molecule has 6 aromatic rings. The number of hydrogen-bond donors (Lipinski definition) is 0. The average molecular weight is 699 g/mol. The SMILES string of the molecule is C=Cc1nn(Cc2ccc(OC)cc2)c2nc(Cl)ccc12.COc1ccc(Cn2nc(I)c3ccc(Cl)nc32)cc1. The smallest absolute Gasteiger partial charge is 0.160 e. The molecule has 0 radical (unpaired) electrons. The zero-order chi connectivity index (χ0) is 28.9. The van der Waals surface area contributed by atoms with Gasteiger partial charge in [0.25, 0.3) is 0 Å². The summed E-state index contributed by atoms with van der Waals surface area (Å²) in [5.41, 5.74) is 4.61. The molecule has 0 spiro atoms. The molecule has 0 aliphatic rings. The highest BCUT2D eigenvalue weighted by Gasteiger charge is 2.12. The van der Waals surface area contributed by atoms with Crippen molar-refractivity contribution in [1.82, 2.24) is 29.5 Å². The van der Waals surface area contributed by atoms with E-state index in [1.165, 1.54) is 0 Å². The maximum Gasteiger partial charge on any atom is 0.160 e. The van der Waals surface area contributed by atoms with E-state index >= 15 is 0 Å². The number of pyridine rings is 2. The fourth-order valence-electron chi connectivity index (χ4n) is 4.22. The van der Waals surface area contributed by atoms with Crippen LogP contribution in [-0.2, 0) is 13.1 Å². The van der Waals surface area contributed by atoms with Gasteiger partial charge in [0, 0.05) is 5.39 Å². The molecular weight excluding hydrogens is 674 g/mol. The summed E-state index contributed by atoms with van der Waals surface area (Å²) in [4.78, 5) is 8.73. The Bertz CT molecular complexity index is 1820. The fraction of sp³-hybridized carbons (Fsp3) is 0.133. The van der Waals surface area contributed by atoms with Gasteiger partial charge in [-0.3, -0.25) is 0 Å². The Morgan fingerprint density at radius 2 is 1.17 bits per heavy atom. The highest BCUT2D eigenvalue weighted by molar-refractivity contribution is 14.1. The molecule has 4 aromatic heterocycles. The Morgan fingerprint density at radius 1 is 0.707 bits per heavy atom. The molecule has 0 unspecified atom stereocenters. The van der Waals surface area contributed by atoms with E-state index in [1.54, 1.807) is 32.4 Å². The summed E-state index contributed by atoms with van der Waals surface area (Å²) < 4.78 is 14.9. The van der Waals surface area contributed by atoms with Gasteiger partial charge >= 0.3 is 0 Å². The van der Waals surface area contributed by atoms with Crippen LogP contribution in [0.2, 0.25) is 10.3 Å². The van der Waals surface area contributed by atoms with E-state index < -0.39 is 0 Å². The normalized spacial score (nSPS) is 10.9. The Balaban J connectivity index is 0.000000165. The first-order valence-corrected chi connectivity index (χ1v) is 14.3. The Labute approximate surface area is 260 Å². The standard InChI is InChI=1S/C16H14ClN3O.C14H11ClIN3O/c1-3-14-13-8-9-15(17)18-16(13)20(19-14)10-11-4-6-12(21-2)7-5-11;1-20-10-4-2-9(3-5-10)8-19-14-11(13(16)18-19)6-7-12(15)17-14/h3-9H,1,10H2,2H3;2-7H,8H2,1H3. The topological polar surface area (TPSA) is 79.9 Å². The van der Waals surface area contributed by atoms with E-state index in [-0.39, 0.29) is 0 Å². The maximum absolute atomic E-state index is 5.99. The number of nitrogens with zero attached hydrogens (tertiary/aromatic N) is 6. The number of halogens is 3. The number of ether oxygens (including phenoxy) is 2. The van der Waals surface area contributed by atoms with Crippen LogP contribution >= 0.6 is 45.8 Å². The molecule has 0 saturated carbocycles. The molecule has 0 bridgehead atoms. The number of rotatable bonds is 7. The molecule has 0 fully saturated rings. The predicted molar refractivity (Wildman–Crippen MR) is 172 cm³/mol. The monoisotopic (exact) mass is 698 g/mol. The second-order valence-electron chi connectivity index (χ2n) is 8.90. The summed E-state index contributed by atoms with van der Waals surface area (Å²) in [5.74, 6) is 1.67. The van der Waals surface area contributed by atoms with Crippen molar-refractivity contribution < 1.29 is 9.47 Å². The molecule has 0 amide bonds. The van der Waals surface area contributed by atoms with Gasteiger partial charge in [-0.25, -0.2) is 19.3 Å². The number of benzene rings is 2. The van der Waals surface area contributed by atoms with E-state index in [1.807, 2.05) is 70.0 Å². The van der Waals surface area contributed by atoms with Crippen molar-refractivity contribution in [2.75, 3.05) is 14.2 Å². The Kier molecular flexibility index (Phi) is 9.06. The summed E-state index contributed by atoms with van der Waals surface area (Å²) >= 11 is 14.2. The van der Waals surface area contributed by atoms with Gasteiger partial charge in [0.15, 0.2) is 11.3 Å². The second-order valence-corrected chi connectivity index (χ2v) is 10.7. The molecule has 208 valence electrons. The summed E-state index contributed by atoms with van der Waals surface area (Å²) in [6, 6.07) is 23.2. The molecule has 0 aliphatic carbocycles. The number of methoxy groups -OCH3 is 2. The summed E-state index contributed by atoms with van der Waals surface area (Å²) in [7, 11) is 3.31. The molecule has 41 heavy (non-hydrogen) atoms. The lowest BCUT2D eigenvalue weighted by atomic mass is 10.2. The van der Waals surface area contributed by atoms with Gasteiger partial charge in [-0.15, -0.1) is 0 Å². The van der Waals surface area contributed by atoms with Gasteiger partial charge in [0.2, 0.25) is 0 Å². The van der Waals surface area contributed by atoms with E-state index in [4.69, 9.17) is 32.7 Å². The summed E-state index contributed by atoms with van der Waals surface area (Å²) in [6.07, 6.45) is 1.72. The molecule has 4 heterocycles. The first-order valence-electron chi connectivity index (χ1n) is 12.5. The quantitative estimate of drug-likeness (QED) is 0.127. The van der Waals surface area contributed by atoms with Gasteiger partial charge in [0.1, 0.15) is 25.5 Å². The van der Waals surface area contributed by atoms with Crippen molar-refractivity contribution in [2.24, 2.45) is 0 Å². The van der Waals surface area contributed by atoms with Crippen molar-refractivity contribution in [3.05, 3.63) is 110 Å². The van der Waals surface area contributed by atoms with Gasteiger partial charge in [0.05, 0.1) is 38.4 Å². The zero-order valence-electron chi connectivity index (χ0n) is 22.3. The molecule has 0 aliphatic heterocycles. The highest BCUT2D eigenvalue weighted by atomic mass is 127. The molecule has 11 heteroatoms. The molecule has 0 atom stereocenters. The van der Waals surface area contributed by atoms with Crippen LogP contribution in [0.15, 0.2) is 79.4 Å². The minimum absolute atomic E-state index is 0.453. The van der Waals surface area contributed by atoms with Crippen LogP contribution in [0.3, 0.4) is 0 Å². The molecule has 8 nitrogen and oxygen atoms in total. The molecule has 2 aromatic carbocycles. The van der Waals surface area contributed by atoms with Crippen LogP contribution in [-0.4, -0.2) is 43.7 Å². The third-order valence-electron chi connectivity index (χ3n) is 6.28. The van der Waals surface area contributed by atoms with Crippen LogP contribution in [0.5, 0.6) is 11.5 Å². The van der Waals surface area contributed by atoms with Crippen molar-refractivity contribution in [3.63, 3.8) is 0 Å². The van der Waals surface area contributed by atoms with Gasteiger partial charge in [-0.1, -0.05) is 54.0 Å². The zero-order valence-corrected chi connectivity index (χ0v) is 25.9. The minimum atomic E-state index is 0.453. The molecule has 0 N–H and O–H groups in total. The lowest BCUT2D eigenvalue weighted by molar-refractivity contribution is 0.414. The summed E-state index contributed by atoms with van der Waals surface area (Å²) in [6.45, 7) is 5.06.